The van der Waals surface area contributed by atoms with Crippen molar-refractivity contribution in [3.8, 4) is 11.1 Å². The maximum absolute atomic E-state index is 13.9. The molecule has 1 fully saturated rings. The van der Waals surface area contributed by atoms with E-state index in [0.29, 0.717) is 31.4 Å². The predicted molar refractivity (Wildman–Crippen MR) is 97.5 cm³/mol. The van der Waals surface area contributed by atoms with Gasteiger partial charge in [-0.3, -0.25) is 14.6 Å². The Balaban J connectivity index is 1.57. The molecule has 1 aliphatic carbocycles. The lowest BCUT2D eigenvalue weighted by Crippen LogP contribution is -2.40. The molecule has 0 atom stereocenters. The summed E-state index contributed by atoms with van der Waals surface area (Å²) in [6.07, 6.45) is 5.98. The van der Waals surface area contributed by atoms with Gasteiger partial charge in [0.1, 0.15) is 5.67 Å². The van der Waals surface area contributed by atoms with Crippen molar-refractivity contribution in [2.24, 2.45) is 7.05 Å². The number of benzene rings is 1. The standard InChI is InChI=1S/C19H22FN5O/c1-19(20)7-5-14(6-8-19)22-18(26)17-15-9-12(3-4-16(15)23-24-17)13-10-21-25(2)11-13/h3-4,9-11,14H,5-8H2,1-2H3,(H,22,26)(H,23,24). The summed E-state index contributed by atoms with van der Waals surface area (Å²) in [7, 11) is 1.87. The molecule has 7 heteroatoms. The van der Waals surface area contributed by atoms with E-state index in [1.807, 2.05) is 31.4 Å². The van der Waals surface area contributed by atoms with Crippen molar-refractivity contribution in [1.29, 1.82) is 0 Å². The number of aryl methyl sites for hydroxylation is 1. The van der Waals surface area contributed by atoms with Crippen LogP contribution in [0, 0.1) is 0 Å². The maximum Gasteiger partial charge on any atom is 0.272 e. The van der Waals surface area contributed by atoms with Crippen molar-refractivity contribution in [3.63, 3.8) is 0 Å². The van der Waals surface area contributed by atoms with Gasteiger partial charge in [0.25, 0.3) is 5.91 Å². The van der Waals surface area contributed by atoms with Crippen LogP contribution < -0.4 is 5.32 Å². The van der Waals surface area contributed by atoms with Crippen molar-refractivity contribution in [2.45, 2.75) is 44.3 Å². The molecule has 2 heterocycles. The van der Waals surface area contributed by atoms with Gasteiger partial charge in [-0.05, 0) is 50.3 Å². The third-order valence-corrected chi connectivity index (χ3v) is 5.18. The molecule has 1 aliphatic rings. The minimum absolute atomic E-state index is 0.000388. The number of amides is 1. The molecule has 1 amide bonds. The molecule has 2 N–H and O–H groups in total. The number of aromatic amines is 1. The molecule has 0 spiro atoms. The molecule has 6 nitrogen and oxygen atoms in total. The van der Waals surface area contributed by atoms with E-state index in [4.69, 9.17) is 0 Å². The molecule has 136 valence electrons. The smallest absolute Gasteiger partial charge is 0.272 e. The quantitative estimate of drug-likeness (QED) is 0.756. The van der Waals surface area contributed by atoms with Crippen LogP contribution in [0.1, 0.15) is 43.1 Å². The number of nitrogens with zero attached hydrogens (tertiary/aromatic N) is 3. The van der Waals surface area contributed by atoms with E-state index < -0.39 is 5.67 Å². The average Bonchev–Trinajstić information content (AvgIpc) is 3.22. The van der Waals surface area contributed by atoms with Crippen LogP contribution in [0.15, 0.2) is 30.6 Å². The van der Waals surface area contributed by atoms with Crippen LogP contribution in [0.2, 0.25) is 0 Å². The number of halogens is 1. The fourth-order valence-corrected chi connectivity index (χ4v) is 3.55. The van der Waals surface area contributed by atoms with E-state index in [0.717, 1.165) is 22.0 Å². The number of carbonyl (C=O) groups is 1. The minimum atomic E-state index is -1.11. The topological polar surface area (TPSA) is 75.6 Å². The Bertz CT molecular complexity index is 948. The second-order valence-corrected chi connectivity index (χ2v) is 7.40. The van der Waals surface area contributed by atoms with Gasteiger partial charge < -0.3 is 5.32 Å². The fourth-order valence-electron chi connectivity index (χ4n) is 3.55. The SMILES string of the molecule is Cn1cc(-c2ccc3[nH]nc(C(=O)NC4CCC(C)(F)CC4)c3c2)cn1. The first-order valence-corrected chi connectivity index (χ1v) is 8.88. The van der Waals surface area contributed by atoms with Gasteiger partial charge >= 0.3 is 0 Å². The Morgan fingerprint density at radius 2 is 2.12 bits per heavy atom. The number of hydrogen-bond acceptors (Lipinski definition) is 3. The average molecular weight is 355 g/mol. The number of fused-ring (bicyclic) bond motifs is 1. The molecule has 2 aromatic heterocycles. The zero-order chi connectivity index (χ0) is 18.3. The van der Waals surface area contributed by atoms with Crippen LogP contribution in [-0.2, 0) is 7.05 Å². The van der Waals surface area contributed by atoms with Crippen LogP contribution in [0.3, 0.4) is 0 Å². The Hall–Kier alpha value is -2.70. The first kappa shape index (κ1) is 16.8. The Kier molecular flexibility index (Phi) is 4.01. The third kappa shape index (κ3) is 3.21. The lowest BCUT2D eigenvalue weighted by molar-refractivity contribution is 0.0847. The summed E-state index contributed by atoms with van der Waals surface area (Å²) >= 11 is 0. The predicted octanol–water partition coefficient (Wildman–Crippen LogP) is 3.36. The molecular weight excluding hydrogens is 333 g/mol. The van der Waals surface area contributed by atoms with E-state index in [-0.39, 0.29) is 11.9 Å². The summed E-state index contributed by atoms with van der Waals surface area (Å²) in [6, 6.07) is 5.84. The van der Waals surface area contributed by atoms with Gasteiger partial charge in [-0.2, -0.15) is 10.2 Å². The number of alkyl halides is 1. The Labute approximate surface area is 150 Å². The zero-order valence-electron chi connectivity index (χ0n) is 14.9. The summed E-state index contributed by atoms with van der Waals surface area (Å²) in [6.45, 7) is 1.63. The summed E-state index contributed by atoms with van der Waals surface area (Å²) in [4.78, 5) is 12.7. The molecule has 0 aliphatic heterocycles. The summed E-state index contributed by atoms with van der Waals surface area (Å²) in [5.41, 5.74) is 2.03. The van der Waals surface area contributed by atoms with Crippen molar-refractivity contribution in [3.05, 3.63) is 36.3 Å². The highest BCUT2D eigenvalue weighted by molar-refractivity contribution is 6.05. The van der Waals surface area contributed by atoms with E-state index in [9.17, 15) is 9.18 Å². The number of carbonyl (C=O) groups excluding carboxylic acids is 1. The number of hydrogen-bond donors (Lipinski definition) is 2. The zero-order valence-corrected chi connectivity index (χ0v) is 14.9. The first-order chi connectivity index (χ1) is 12.4. The molecule has 0 bridgehead atoms. The monoisotopic (exact) mass is 355 g/mol. The lowest BCUT2D eigenvalue weighted by Gasteiger charge is -2.31. The van der Waals surface area contributed by atoms with Crippen LogP contribution in [0.5, 0.6) is 0 Å². The molecule has 3 aromatic rings. The molecule has 0 saturated heterocycles. The fraction of sp³-hybridized carbons (Fsp3) is 0.421. The Morgan fingerprint density at radius 3 is 2.81 bits per heavy atom. The van der Waals surface area contributed by atoms with Crippen LogP contribution >= 0.6 is 0 Å². The summed E-state index contributed by atoms with van der Waals surface area (Å²) in [5.74, 6) is -0.216. The molecular formula is C19H22FN5O. The summed E-state index contributed by atoms with van der Waals surface area (Å²) in [5, 5.41) is 15.1. The van der Waals surface area contributed by atoms with Gasteiger partial charge in [-0.25, -0.2) is 4.39 Å². The number of aromatic nitrogens is 4. The highest BCUT2D eigenvalue weighted by atomic mass is 19.1. The van der Waals surface area contributed by atoms with E-state index in [1.54, 1.807) is 17.8 Å². The molecule has 1 saturated carbocycles. The van der Waals surface area contributed by atoms with Crippen molar-refractivity contribution < 1.29 is 9.18 Å². The van der Waals surface area contributed by atoms with E-state index >= 15 is 0 Å². The normalized spacial score (nSPS) is 23.3. The highest BCUT2D eigenvalue weighted by Crippen LogP contribution is 2.31. The van der Waals surface area contributed by atoms with Crippen LogP contribution in [0.4, 0.5) is 4.39 Å². The number of H-pyrrole nitrogens is 1. The van der Waals surface area contributed by atoms with Gasteiger partial charge in [-0.1, -0.05) is 6.07 Å². The van der Waals surface area contributed by atoms with Crippen molar-refractivity contribution in [2.75, 3.05) is 0 Å². The van der Waals surface area contributed by atoms with E-state index in [2.05, 4.69) is 20.6 Å². The molecule has 4 rings (SSSR count). The highest BCUT2D eigenvalue weighted by Gasteiger charge is 2.31. The van der Waals surface area contributed by atoms with Crippen molar-refractivity contribution in [1.82, 2.24) is 25.3 Å². The maximum atomic E-state index is 13.9. The summed E-state index contributed by atoms with van der Waals surface area (Å²) < 4.78 is 15.7. The molecule has 0 radical (unpaired) electrons. The number of rotatable bonds is 3. The van der Waals surface area contributed by atoms with Gasteiger partial charge in [-0.15, -0.1) is 0 Å². The van der Waals surface area contributed by atoms with Gasteiger partial charge in [0.15, 0.2) is 5.69 Å². The lowest BCUT2D eigenvalue weighted by atomic mass is 9.85. The largest absolute Gasteiger partial charge is 0.348 e. The minimum Gasteiger partial charge on any atom is -0.348 e. The Morgan fingerprint density at radius 1 is 1.35 bits per heavy atom. The second-order valence-electron chi connectivity index (χ2n) is 7.40. The molecule has 0 unspecified atom stereocenters. The number of nitrogens with one attached hydrogen (secondary N) is 2. The second kappa shape index (κ2) is 6.23. The van der Waals surface area contributed by atoms with Crippen molar-refractivity contribution >= 4 is 16.8 Å². The van der Waals surface area contributed by atoms with Crippen LogP contribution in [0.25, 0.3) is 22.0 Å². The van der Waals surface area contributed by atoms with Gasteiger partial charge in [0, 0.05) is 30.2 Å². The van der Waals surface area contributed by atoms with Gasteiger partial charge in [0.2, 0.25) is 0 Å². The van der Waals surface area contributed by atoms with E-state index in [1.165, 1.54) is 0 Å². The third-order valence-electron chi connectivity index (χ3n) is 5.18. The first-order valence-electron chi connectivity index (χ1n) is 8.88. The molecule has 26 heavy (non-hydrogen) atoms. The molecule has 1 aromatic carbocycles. The van der Waals surface area contributed by atoms with Crippen LogP contribution in [-0.4, -0.2) is 37.6 Å². The van der Waals surface area contributed by atoms with Gasteiger partial charge in [0.05, 0.1) is 11.7 Å².